The summed E-state index contributed by atoms with van der Waals surface area (Å²) in [5.41, 5.74) is 2.08. The Kier molecular flexibility index (Phi) is 7.09. The summed E-state index contributed by atoms with van der Waals surface area (Å²) in [4.78, 5) is 16.1. The summed E-state index contributed by atoms with van der Waals surface area (Å²) in [6.45, 7) is 0.714. The normalized spacial score (nSPS) is 11.3. The van der Waals surface area contributed by atoms with Crippen LogP contribution in [-0.4, -0.2) is 59.5 Å². The second-order valence-electron chi connectivity index (χ2n) is 5.41. The highest BCUT2D eigenvalue weighted by molar-refractivity contribution is 7.92. The molecule has 0 bridgehead atoms. The van der Waals surface area contributed by atoms with Crippen LogP contribution in [-0.2, 0) is 24.3 Å². The Labute approximate surface area is 156 Å². The van der Waals surface area contributed by atoms with Crippen molar-refractivity contribution < 1.29 is 22.7 Å². The van der Waals surface area contributed by atoms with Gasteiger partial charge in [-0.05, 0) is 12.1 Å². The molecule has 8 nitrogen and oxygen atoms in total. The van der Waals surface area contributed by atoms with Crippen LogP contribution in [0.1, 0.15) is 0 Å². The van der Waals surface area contributed by atoms with Gasteiger partial charge in [0.05, 0.1) is 30.9 Å². The maximum Gasteiger partial charge on any atom is 0.252 e. The number of hydrogen-bond acceptors (Lipinski definition) is 7. The topological polar surface area (TPSA) is 97.8 Å². The van der Waals surface area contributed by atoms with Crippen molar-refractivity contribution in [2.24, 2.45) is 0 Å². The van der Waals surface area contributed by atoms with Gasteiger partial charge in [-0.15, -0.1) is 11.3 Å². The molecule has 0 aliphatic rings. The average Bonchev–Trinajstić information content (AvgIpc) is 3.06. The summed E-state index contributed by atoms with van der Waals surface area (Å²) in [5.74, 6) is -0.285. The van der Waals surface area contributed by atoms with E-state index in [1.165, 1.54) is 22.7 Å². The Morgan fingerprint density at radius 2 is 1.96 bits per heavy atom. The Balaban J connectivity index is 1.98. The van der Waals surface area contributed by atoms with E-state index in [1.807, 2.05) is 5.38 Å². The second-order valence-corrected chi connectivity index (χ2v) is 8.28. The smallest absolute Gasteiger partial charge is 0.252 e. The standard InChI is InChI=1S/C16H21N3O5S2/c1-19(26(3,21)22)13-6-4-12(5-7-13)14-11-25-16(17-14)18-15(20)10-24-9-8-23-2/h4-7,11H,8-10H2,1-3H3,(H,17,18,20). The molecule has 0 atom stereocenters. The first-order valence-corrected chi connectivity index (χ1v) is 10.4. The predicted octanol–water partition coefficient (Wildman–Crippen LogP) is 1.81. The van der Waals surface area contributed by atoms with Crippen molar-refractivity contribution in [3.05, 3.63) is 29.6 Å². The molecule has 26 heavy (non-hydrogen) atoms. The van der Waals surface area contributed by atoms with E-state index >= 15 is 0 Å². The quantitative estimate of drug-likeness (QED) is 0.646. The highest BCUT2D eigenvalue weighted by Gasteiger charge is 2.13. The fraction of sp³-hybridized carbons (Fsp3) is 0.375. The zero-order valence-electron chi connectivity index (χ0n) is 14.8. The van der Waals surface area contributed by atoms with Gasteiger partial charge in [-0.3, -0.25) is 14.4 Å². The lowest BCUT2D eigenvalue weighted by Gasteiger charge is -2.16. The lowest BCUT2D eigenvalue weighted by molar-refractivity contribution is -0.121. The number of nitrogens with one attached hydrogen (secondary N) is 1. The number of benzene rings is 1. The Bertz CT molecular complexity index is 834. The monoisotopic (exact) mass is 399 g/mol. The summed E-state index contributed by atoms with van der Waals surface area (Å²) < 4.78 is 34.3. The number of aromatic nitrogens is 1. The van der Waals surface area contributed by atoms with E-state index in [1.54, 1.807) is 31.4 Å². The molecule has 2 rings (SSSR count). The van der Waals surface area contributed by atoms with Crippen molar-refractivity contribution in [3.8, 4) is 11.3 Å². The van der Waals surface area contributed by atoms with E-state index in [9.17, 15) is 13.2 Å². The van der Waals surface area contributed by atoms with E-state index in [0.29, 0.717) is 29.7 Å². The molecule has 0 unspecified atom stereocenters. The molecule has 1 amide bonds. The predicted molar refractivity (Wildman–Crippen MR) is 102 cm³/mol. The third kappa shape index (κ3) is 5.77. The molecular weight excluding hydrogens is 378 g/mol. The molecule has 2 aromatic rings. The fourth-order valence-corrected chi connectivity index (χ4v) is 3.20. The molecule has 0 radical (unpaired) electrons. The number of amides is 1. The van der Waals surface area contributed by atoms with Crippen molar-refractivity contribution in [2.75, 3.05) is 49.9 Å². The van der Waals surface area contributed by atoms with E-state index in [4.69, 9.17) is 9.47 Å². The minimum absolute atomic E-state index is 0.0647. The fourth-order valence-electron chi connectivity index (χ4n) is 1.96. The SMILES string of the molecule is COCCOCC(=O)Nc1nc(-c2ccc(N(C)S(C)(=O)=O)cc2)cs1. The van der Waals surface area contributed by atoms with Crippen molar-refractivity contribution in [1.82, 2.24) is 4.98 Å². The second kappa shape index (κ2) is 9.08. The molecule has 1 heterocycles. The number of rotatable bonds is 9. The molecule has 0 aliphatic heterocycles. The van der Waals surface area contributed by atoms with Gasteiger partial charge >= 0.3 is 0 Å². The third-order valence-corrected chi connectivity index (χ3v) is 5.40. The molecule has 0 spiro atoms. The van der Waals surface area contributed by atoms with E-state index in [-0.39, 0.29) is 12.5 Å². The van der Waals surface area contributed by atoms with Crippen LogP contribution in [0.3, 0.4) is 0 Å². The number of carbonyl (C=O) groups excluding carboxylic acids is 1. The largest absolute Gasteiger partial charge is 0.382 e. The highest BCUT2D eigenvalue weighted by atomic mass is 32.2. The van der Waals surface area contributed by atoms with Crippen LogP contribution in [0, 0.1) is 0 Å². The molecule has 0 fully saturated rings. The summed E-state index contributed by atoms with van der Waals surface area (Å²) in [5, 5.41) is 4.96. The zero-order valence-corrected chi connectivity index (χ0v) is 16.4. The van der Waals surface area contributed by atoms with Crippen LogP contribution in [0.15, 0.2) is 29.6 Å². The van der Waals surface area contributed by atoms with Crippen LogP contribution >= 0.6 is 11.3 Å². The van der Waals surface area contributed by atoms with Crippen molar-refractivity contribution in [1.29, 1.82) is 0 Å². The maximum atomic E-state index is 11.8. The number of thiazole rings is 1. The van der Waals surface area contributed by atoms with Crippen LogP contribution < -0.4 is 9.62 Å². The molecule has 0 saturated heterocycles. The minimum Gasteiger partial charge on any atom is -0.382 e. The molecule has 0 saturated carbocycles. The summed E-state index contributed by atoms with van der Waals surface area (Å²) in [7, 11) is -0.244. The minimum atomic E-state index is -3.30. The van der Waals surface area contributed by atoms with E-state index in [0.717, 1.165) is 11.8 Å². The van der Waals surface area contributed by atoms with Gasteiger partial charge in [0, 0.05) is 25.1 Å². The van der Waals surface area contributed by atoms with Crippen LogP contribution in [0.4, 0.5) is 10.8 Å². The van der Waals surface area contributed by atoms with Gasteiger partial charge in [-0.25, -0.2) is 13.4 Å². The number of anilines is 2. The number of hydrogen-bond donors (Lipinski definition) is 1. The number of nitrogens with zero attached hydrogens (tertiary/aromatic N) is 2. The van der Waals surface area contributed by atoms with E-state index < -0.39 is 10.0 Å². The first-order chi connectivity index (χ1) is 12.3. The number of sulfonamides is 1. The van der Waals surface area contributed by atoms with Gasteiger partial charge in [0.2, 0.25) is 10.0 Å². The molecule has 10 heteroatoms. The molecule has 1 aromatic heterocycles. The van der Waals surface area contributed by atoms with Gasteiger partial charge in [-0.1, -0.05) is 12.1 Å². The Morgan fingerprint density at radius 1 is 1.27 bits per heavy atom. The lowest BCUT2D eigenvalue weighted by Crippen LogP contribution is -2.24. The van der Waals surface area contributed by atoms with E-state index in [2.05, 4.69) is 10.3 Å². The van der Waals surface area contributed by atoms with Gasteiger partial charge in [0.25, 0.3) is 5.91 Å². The molecule has 1 N–H and O–H groups in total. The van der Waals surface area contributed by atoms with Crippen LogP contribution in [0.5, 0.6) is 0 Å². The van der Waals surface area contributed by atoms with Crippen molar-refractivity contribution in [3.63, 3.8) is 0 Å². The van der Waals surface area contributed by atoms with Crippen LogP contribution in [0.25, 0.3) is 11.3 Å². The van der Waals surface area contributed by atoms with Crippen molar-refractivity contribution >= 4 is 38.1 Å². The van der Waals surface area contributed by atoms with Crippen molar-refractivity contribution in [2.45, 2.75) is 0 Å². The van der Waals surface area contributed by atoms with Gasteiger partial charge in [0.15, 0.2) is 5.13 Å². The molecular formula is C16H21N3O5S2. The first kappa shape index (κ1) is 20.3. The first-order valence-electron chi connectivity index (χ1n) is 7.67. The lowest BCUT2D eigenvalue weighted by atomic mass is 10.1. The number of methoxy groups -OCH3 is 1. The van der Waals surface area contributed by atoms with Gasteiger partial charge in [-0.2, -0.15) is 0 Å². The highest BCUT2D eigenvalue weighted by Crippen LogP contribution is 2.27. The van der Waals surface area contributed by atoms with Gasteiger partial charge in [0.1, 0.15) is 6.61 Å². The number of carbonyl (C=O) groups is 1. The van der Waals surface area contributed by atoms with Gasteiger partial charge < -0.3 is 9.47 Å². The number of ether oxygens (including phenoxy) is 2. The zero-order chi connectivity index (χ0) is 19.2. The summed E-state index contributed by atoms with van der Waals surface area (Å²) in [6, 6.07) is 6.98. The molecule has 142 valence electrons. The Hall–Kier alpha value is -2.01. The Morgan fingerprint density at radius 3 is 2.58 bits per heavy atom. The summed E-state index contributed by atoms with van der Waals surface area (Å²) >= 11 is 1.30. The maximum absolute atomic E-state index is 11.8. The third-order valence-electron chi connectivity index (χ3n) is 3.44. The molecule has 0 aliphatic carbocycles. The average molecular weight is 399 g/mol. The van der Waals surface area contributed by atoms with Crippen LogP contribution in [0.2, 0.25) is 0 Å². The summed E-state index contributed by atoms with van der Waals surface area (Å²) in [6.07, 6.45) is 1.15. The molecule has 1 aromatic carbocycles.